The molecule has 2 aromatic rings. The van der Waals surface area contributed by atoms with E-state index in [1.807, 2.05) is 17.6 Å². The fourth-order valence-electron chi connectivity index (χ4n) is 2.50. The standard InChI is InChI=1S/C16H17ClN4O3/c1-8-6-12(16(24)20-13(14(18)22)15(19)23)9(2)21(8)11-5-3-4-10(17)7-11/h3-7,13H,1-2H3,(H2,18,22)(H2,19,23)(H,20,24). The van der Waals surface area contributed by atoms with Crippen molar-refractivity contribution in [3.63, 3.8) is 0 Å². The Morgan fingerprint density at radius 2 is 1.75 bits per heavy atom. The number of halogens is 1. The van der Waals surface area contributed by atoms with Gasteiger partial charge in [-0.1, -0.05) is 17.7 Å². The highest BCUT2D eigenvalue weighted by Gasteiger charge is 2.26. The second kappa shape index (κ2) is 6.76. The summed E-state index contributed by atoms with van der Waals surface area (Å²) in [6, 6.07) is 7.24. The number of carbonyl (C=O) groups excluding carboxylic acids is 3. The summed E-state index contributed by atoms with van der Waals surface area (Å²) in [5.41, 5.74) is 12.6. The first kappa shape index (κ1) is 17.6. The molecular weight excluding hydrogens is 332 g/mol. The summed E-state index contributed by atoms with van der Waals surface area (Å²) in [5.74, 6) is -2.64. The van der Waals surface area contributed by atoms with Crippen molar-refractivity contribution in [2.75, 3.05) is 0 Å². The Morgan fingerprint density at radius 1 is 1.12 bits per heavy atom. The second-order valence-corrected chi connectivity index (χ2v) is 5.75. The van der Waals surface area contributed by atoms with Crippen LogP contribution in [0.4, 0.5) is 0 Å². The normalized spacial score (nSPS) is 10.7. The van der Waals surface area contributed by atoms with Gasteiger partial charge in [0.05, 0.1) is 5.56 Å². The van der Waals surface area contributed by atoms with Gasteiger partial charge in [0.25, 0.3) is 5.91 Å². The number of nitrogens with two attached hydrogens (primary N) is 2. The monoisotopic (exact) mass is 348 g/mol. The van der Waals surface area contributed by atoms with Crippen molar-refractivity contribution in [2.24, 2.45) is 11.5 Å². The number of carbonyl (C=O) groups is 3. The molecule has 5 N–H and O–H groups in total. The molecule has 0 spiro atoms. The van der Waals surface area contributed by atoms with E-state index >= 15 is 0 Å². The zero-order chi connectivity index (χ0) is 18.0. The Bertz CT molecular complexity index is 815. The molecule has 0 saturated heterocycles. The topological polar surface area (TPSA) is 120 Å². The largest absolute Gasteiger partial charge is 0.367 e. The maximum atomic E-state index is 12.4. The summed E-state index contributed by atoms with van der Waals surface area (Å²) < 4.78 is 1.84. The van der Waals surface area contributed by atoms with Gasteiger partial charge < -0.3 is 21.4 Å². The molecule has 0 unspecified atom stereocenters. The molecule has 0 aliphatic carbocycles. The quantitative estimate of drug-likeness (QED) is 0.693. The molecule has 0 aliphatic rings. The first-order chi connectivity index (χ1) is 11.2. The van der Waals surface area contributed by atoms with E-state index in [0.717, 1.165) is 11.4 Å². The molecule has 1 heterocycles. The van der Waals surface area contributed by atoms with E-state index in [9.17, 15) is 14.4 Å². The van der Waals surface area contributed by atoms with Crippen LogP contribution in [0.3, 0.4) is 0 Å². The number of nitrogens with one attached hydrogen (secondary N) is 1. The van der Waals surface area contributed by atoms with E-state index in [4.69, 9.17) is 23.1 Å². The van der Waals surface area contributed by atoms with Gasteiger partial charge in [-0.15, -0.1) is 0 Å². The Morgan fingerprint density at radius 3 is 2.29 bits per heavy atom. The molecule has 0 bridgehead atoms. The van der Waals surface area contributed by atoms with E-state index < -0.39 is 23.8 Å². The molecule has 0 aliphatic heterocycles. The fraction of sp³-hybridized carbons (Fsp3) is 0.188. The Kier molecular flexibility index (Phi) is 4.94. The lowest BCUT2D eigenvalue weighted by Crippen LogP contribution is -2.52. The summed E-state index contributed by atoms with van der Waals surface area (Å²) in [4.78, 5) is 34.8. The molecule has 24 heavy (non-hydrogen) atoms. The second-order valence-electron chi connectivity index (χ2n) is 5.31. The molecule has 7 nitrogen and oxygen atoms in total. The summed E-state index contributed by atoms with van der Waals surface area (Å²) in [6.45, 7) is 3.57. The number of amides is 3. The number of nitrogens with zero attached hydrogens (tertiary/aromatic N) is 1. The average Bonchev–Trinajstić information content (AvgIpc) is 2.78. The van der Waals surface area contributed by atoms with Gasteiger partial charge >= 0.3 is 0 Å². The highest BCUT2D eigenvalue weighted by Crippen LogP contribution is 2.23. The molecule has 0 saturated carbocycles. The summed E-state index contributed by atoms with van der Waals surface area (Å²) in [5, 5.41) is 2.81. The molecule has 0 atom stereocenters. The number of aromatic nitrogens is 1. The molecule has 3 amide bonds. The number of aryl methyl sites for hydroxylation is 1. The van der Waals surface area contributed by atoms with E-state index in [2.05, 4.69) is 5.32 Å². The molecule has 0 fully saturated rings. The van der Waals surface area contributed by atoms with Crippen molar-refractivity contribution in [2.45, 2.75) is 19.9 Å². The number of hydrogen-bond acceptors (Lipinski definition) is 3. The minimum atomic E-state index is -1.56. The van der Waals surface area contributed by atoms with Crippen LogP contribution in [0.15, 0.2) is 30.3 Å². The molecule has 1 aromatic carbocycles. The number of benzene rings is 1. The highest BCUT2D eigenvalue weighted by molar-refractivity contribution is 6.30. The van der Waals surface area contributed by atoms with Crippen molar-refractivity contribution in [1.82, 2.24) is 9.88 Å². The number of rotatable bonds is 5. The maximum Gasteiger partial charge on any atom is 0.254 e. The van der Waals surface area contributed by atoms with Gasteiger partial charge in [0.1, 0.15) is 0 Å². The predicted molar refractivity (Wildman–Crippen MR) is 89.9 cm³/mol. The van der Waals surface area contributed by atoms with Crippen molar-refractivity contribution in [3.05, 3.63) is 52.3 Å². The third kappa shape index (κ3) is 3.41. The van der Waals surface area contributed by atoms with Crippen LogP contribution < -0.4 is 16.8 Å². The van der Waals surface area contributed by atoms with Gasteiger partial charge in [-0.25, -0.2) is 0 Å². The van der Waals surface area contributed by atoms with Crippen LogP contribution in [0.2, 0.25) is 5.02 Å². The zero-order valence-electron chi connectivity index (χ0n) is 13.2. The van der Waals surface area contributed by atoms with Gasteiger partial charge in [0.15, 0.2) is 6.04 Å². The van der Waals surface area contributed by atoms with Crippen LogP contribution in [0.1, 0.15) is 21.7 Å². The smallest absolute Gasteiger partial charge is 0.254 e. The lowest BCUT2D eigenvalue weighted by atomic mass is 10.2. The van der Waals surface area contributed by atoms with Crippen molar-refractivity contribution in [1.29, 1.82) is 0 Å². The first-order valence-electron chi connectivity index (χ1n) is 7.06. The van der Waals surface area contributed by atoms with Gasteiger partial charge in [-0.2, -0.15) is 0 Å². The minimum absolute atomic E-state index is 0.306. The van der Waals surface area contributed by atoms with Crippen molar-refractivity contribution < 1.29 is 14.4 Å². The van der Waals surface area contributed by atoms with E-state index in [1.54, 1.807) is 31.2 Å². The third-order valence-corrected chi connectivity index (χ3v) is 3.82. The van der Waals surface area contributed by atoms with Gasteiger partial charge in [-0.3, -0.25) is 14.4 Å². The Hall–Kier alpha value is -2.80. The molecule has 0 radical (unpaired) electrons. The molecule has 1 aromatic heterocycles. The Balaban J connectivity index is 2.40. The summed E-state index contributed by atoms with van der Waals surface area (Å²) in [7, 11) is 0. The van der Waals surface area contributed by atoms with E-state index in [-0.39, 0.29) is 0 Å². The SMILES string of the molecule is Cc1cc(C(=O)NC(C(N)=O)C(N)=O)c(C)n1-c1cccc(Cl)c1. The number of hydrogen-bond donors (Lipinski definition) is 3. The van der Waals surface area contributed by atoms with Crippen LogP contribution in [-0.2, 0) is 9.59 Å². The predicted octanol–water partition coefficient (Wildman–Crippen LogP) is 0.817. The average molecular weight is 349 g/mol. The number of primary amides is 2. The van der Waals surface area contributed by atoms with Crippen molar-refractivity contribution in [3.8, 4) is 5.69 Å². The van der Waals surface area contributed by atoms with Gasteiger partial charge in [0, 0.05) is 22.1 Å². The van der Waals surface area contributed by atoms with E-state index in [1.165, 1.54) is 0 Å². The first-order valence-corrected chi connectivity index (χ1v) is 7.44. The summed E-state index contributed by atoms with van der Waals surface area (Å²) >= 11 is 6.01. The van der Waals surface area contributed by atoms with Crippen LogP contribution in [-0.4, -0.2) is 28.3 Å². The van der Waals surface area contributed by atoms with Crippen LogP contribution in [0.25, 0.3) is 5.69 Å². The zero-order valence-corrected chi connectivity index (χ0v) is 13.9. The van der Waals surface area contributed by atoms with Crippen molar-refractivity contribution >= 4 is 29.3 Å². The van der Waals surface area contributed by atoms with E-state index in [0.29, 0.717) is 16.3 Å². The third-order valence-electron chi connectivity index (χ3n) is 3.59. The van der Waals surface area contributed by atoms with Crippen LogP contribution in [0.5, 0.6) is 0 Å². The summed E-state index contributed by atoms with van der Waals surface area (Å²) in [6.07, 6.45) is 0. The molecule has 8 heteroatoms. The lowest BCUT2D eigenvalue weighted by molar-refractivity contribution is -0.128. The lowest BCUT2D eigenvalue weighted by Gasteiger charge is -2.13. The molecule has 2 rings (SSSR count). The van der Waals surface area contributed by atoms with Gasteiger partial charge in [0.2, 0.25) is 11.8 Å². The maximum absolute atomic E-state index is 12.4. The fourth-order valence-corrected chi connectivity index (χ4v) is 2.68. The van der Waals surface area contributed by atoms with Crippen LogP contribution in [0, 0.1) is 13.8 Å². The van der Waals surface area contributed by atoms with Gasteiger partial charge in [-0.05, 0) is 38.1 Å². The Labute approximate surface area is 143 Å². The molecule has 126 valence electrons. The van der Waals surface area contributed by atoms with Crippen LogP contribution >= 0.6 is 11.6 Å². The molecular formula is C16H17ClN4O3. The highest BCUT2D eigenvalue weighted by atomic mass is 35.5. The minimum Gasteiger partial charge on any atom is -0.367 e.